The zero-order valence-electron chi connectivity index (χ0n) is 9.23. The zero-order chi connectivity index (χ0) is 11.6. The fourth-order valence-corrected chi connectivity index (χ4v) is 1.77. The predicted molar refractivity (Wildman–Crippen MR) is 58.0 cm³/mol. The van der Waals surface area contributed by atoms with Crippen LogP contribution in [0.1, 0.15) is 16.8 Å². The van der Waals surface area contributed by atoms with Gasteiger partial charge in [0, 0.05) is 26.3 Å². The summed E-state index contributed by atoms with van der Waals surface area (Å²) >= 11 is 0. The molecule has 6 nitrogen and oxygen atoms in total. The van der Waals surface area contributed by atoms with E-state index in [1.54, 1.807) is 17.9 Å². The fourth-order valence-electron chi connectivity index (χ4n) is 1.77. The molecule has 0 bridgehead atoms. The summed E-state index contributed by atoms with van der Waals surface area (Å²) in [5.41, 5.74) is -0.297. The van der Waals surface area contributed by atoms with Gasteiger partial charge in [-0.2, -0.15) is 5.10 Å². The molecule has 1 saturated heterocycles. The highest BCUT2D eigenvalue weighted by molar-refractivity contribution is 5.93. The van der Waals surface area contributed by atoms with Crippen LogP contribution >= 0.6 is 0 Å². The number of carbonyl (C=O) groups is 1. The second-order valence-electron chi connectivity index (χ2n) is 4.24. The summed E-state index contributed by atoms with van der Waals surface area (Å²) < 4.78 is 1.57. The maximum absolute atomic E-state index is 11.7. The lowest BCUT2D eigenvalue weighted by Crippen LogP contribution is -2.44. The van der Waals surface area contributed by atoms with E-state index in [1.807, 2.05) is 0 Å². The molecule has 0 saturated carbocycles. The molecule has 6 heteroatoms. The Hall–Kier alpha value is -1.40. The Kier molecular flexibility index (Phi) is 2.93. The summed E-state index contributed by atoms with van der Waals surface area (Å²) in [6, 6.07) is 0. The number of rotatable bonds is 3. The van der Waals surface area contributed by atoms with E-state index in [1.165, 1.54) is 6.20 Å². The minimum Gasteiger partial charge on any atom is -0.387 e. The molecule has 1 fully saturated rings. The van der Waals surface area contributed by atoms with Gasteiger partial charge in [-0.05, 0) is 13.0 Å². The van der Waals surface area contributed by atoms with Gasteiger partial charge in [0.15, 0.2) is 0 Å². The van der Waals surface area contributed by atoms with E-state index in [4.69, 9.17) is 0 Å². The monoisotopic (exact) mass is 224 g/mol. The molecule has 0 radical (unpaired) electrons. The molecule has 0 spiro atoms. The molecule has 2 rings (SSSR count). The van der Waals surface area contributed by atoms with E-state index < -0.39 is 5.60 Å². The van der Waals surface area contributed by atoms with Crippen molar-refractivity contribution in [2.45, 2.75) is 12.0 Å². The van der Waals surface area contributed by atoms with Crippen molar-refractivity contribution in [3.63, 3.8) is 0 Å². The van der Waals surface area contributed by atoms with E-state index in [0.29, 0.717) is 18.5 Å². The van der Waals surface area contributed by atoms with Crippen LogP contribution in [0.25, 0.3) is 0 Å². The normalized spacial score (nSPS) is 24.6. The quantitative estimate of drug-likeness (QED) is 0.607. The summed E-state index contributed by atoms with van der Waals surface area (Å²) in [5, 5.41) is 19.7. The molecular formula is C10H16N4O2. The Bertz CT molecular complexity index is 382. The maximum Gasteiger partial charge on any atom is 0.254 e. The minimum atomic E-state index is -0.808. The number of nitrogens with zero attached hydrogens (tertiary/aromatic N) is 2. The minimum absolute atomic E-state index is 0.201. The van der Waals surface area contributed by atoms with Gasteiger partial charge in [-0.1, -0.05) is 0 Å². The highest BCUT2D eigenvalue weighted by Crippen LogP contribution is 2.12. The summed E-state index contributed by atoms with van der Waals surface area (Å²) in [7, 11) is 1.76. The van der Waals surface area contributed by atoms with Crippen molar-refractivity contribution in [2.24, 2.45) is 7.05 Å². The van der Waals surface area contributed by atoms with Crippen molar-refractivity contribution in [1.82, 2.24) is 20.4 Å². The molecule has 1 aromatic heterocycles. The van der Waals surface area contributed by atoms with E-state index in [2.05, 4.69) is 15.7 Å². The third-order valence-corrected chi connectivity index (χ3v) is 2.77. The SMILES string of the molecule is Cn1cc(C(=O)NCC2(O)CCNC2)cn1. The van der Waals surface area contributed by atoms with Crippen LogP contribution in [0.4, 0.5) is 0 Å². The van der Waals surface area contributed by atoms with Crippen molar-refractivity contribution in [1.29, 1.82) is 0 Å². The first-order chi connectivity index (χ1) is 7.59. The molecule has 88 valence electrons. The Morgan fingerprint density at radius 2 is 2.62 bits per heavy atom. The molecule has 2 heterocycles. The highest BCUT2D eigenvalue weighted by atomic mass is 16.3. The number of β-amino-alcohol motifs (C(OH)–C–C–N with tert-alkyl or cyclic N) is 1. The van der Waals surface area contributed by atoms with Crippen molar-refractivity contribution >= 4 is 5.91 Å². The van der Waals surface area contributed by atoms with Crippen molar-refractivity contribution < 1.29 is 9.90 Å². The van der Waals surface area contributed by atoms with Gasteiger partial charge in [-0.3, -0.25) is 9.48 Å². The molecule has 16 heavy (non-hydrogen) atoms. The summed E-state index contributed by atoms with van der Waals surface area (Å²) in [5.74, 6) is -0.201. The second kappa shape index (κ2) is 4.23. The van der Waals surface area contributed by atoms with Crippen LogP contribution in [0.2, 0.25) is 0 Å². The molecule has 1 aliphatic rings. The molecule has 3 N–H and O–H groups in total. The molecule has 1 amide bonds. The van der Waals surface area contributed by atoms with Crippen molar-refractivity contribution in [3.05, 3.63) is 18.0 Å². The third kappa shape index (κ3) is 2.40. The van der Waals surface area contributed by atoms with Crippen molar-refractivity contribution in [2.75, 3.05) is 19.6 Å². The number of aromatic nitrogens is 2. The lowest BCUT2D eigenvalue weighted by atomic mass is 10.0. The van der Waals surface area contributed by atoms with Gasteiger partial charge in [0.1, 0.15) is 0 Å². The van der Waals surface area contributed by atoms with Crippen LogP contribution in [-0.2, 0) is 7.05 Å². The summed E-state index contributed by atoms with van der Waals surface area (Å²) in [6.45, 7) is 1.59. The number of aliphatic hydroxyl groups is 1. The van der Waals surface area contributed by atoms with Gasteiger partial charge < -0.3 is 15.7 Å². The van der Waals surface area contributed by atoms with Gasteiger partial charge in [0.2, 0.25) is 0 Å². The van der Waals surface area contributed by atoms with Crippen LogP contribution in [0.15, 0.2) is 12.4 Å². The molecule has 1 aliphatic heterocycles. The molecular weight excluding hydrogens is 208 g/mol. The average molecular weight is 224 g/mol. The molecule has 0 aliphatic carbocycles. The Labute approximate surface area is 93.6 Å². The van der Waals surface area contributed by atoms with Crippen LogP contribution < -0.4 is 10.6 Å². The zero-order valence-corrected chi connectivity index (χ0v) is 9.23. The number of aryl methyl sites for hydroxylation is 1. The number of amides is 1. The second-order valence-corrected chi connectivity index (χ2v) is 4.24. The Morgan fingerprint density at radius 1 is 1.81 bits per heavy atom. The third-order valence-electron chi connectivity index (χ3n) is 2.77. The number of carbonyl (C=O) groups excluding carboxylic acids is 1. The van der Waals surface area contributed by atoms with Crippen LogP contribution in [-0.4, -0.2) is 46.0 Å². The van der Waals surface area contributed by atoms with Crippen LogP contribution in [0.5, 0.6) is 0 Å². The first-order valence-electron chi connectivity index (χ1n) is 5.29. The Morgan fingerprint density at radius 3 is 3.19 bits per heavy atom. The molecule has 0 aromatic carbocycles. The molecule has 1 unspecified atom stereocenters. The Balaban J connectivity index is 1.88. The van der Waals surface area contributed by atoms with E-state index in [9.17, 15) is 9.90 Å². The average Bonchev–Trinajstić information content (AvgIpc) is 2.85. The highest BCUT2D eigenvalue weighted by Gasteiger charge is 2.31. The first-order valence-corrected chi connectivity index (χ1v) is 5.29. The topological polar surface area (TPSA) is 79.2 Å². The number of nitrogens with one attached hydrogen (secondary N) is 2. The van der Waals surface area contributed by atoms with Gasteiger partial charge in [0.05, 0.1) is 17.4 Å². The molecule has 1 atom stereocenters. The van der Waals surface area contributed by atoms with Gasteiger partial charge in [0.25, 0.3) is 5.91 Å². The summed E-state index contributed by atoms with van der Waals surface area (Å²) in [4.78, 5) is 11.7. The van der Waals surface area contributed by atoms with E-state index in [-0.39, 0.29) is 12.5 Å². The lowest BCUT2D eigenvalue weighted by Gasteiger charge is -2.21. The van der Waals surface area contributed by atoms with Crippen LogP contribution in [0, 0.1) is 0 Å². The van der Waals surface area contributed by atoms with Crippen molar-refractivity contribution in [3.8, 4) is 0 Å². The maximum atomic E-state index is 11.7. The predicted octanol–water partition coefficient (Wildman–Crippen LogP) is -1.13. The standard InChI is InChI=1S/C10H16N4O2/c1-14-5-8(4-13-14)9(15)12-7-10(16)2-3-11-6-10/h4-5,11,16H,2-3,6-7H2,1H3,(H,12,15). The smallest absolute Gasteiger partial charge is 0.254 e. The molecule has 1 aromatic rings. The van der Waals surface area contributed by atoms with E-state index in [0.717, 1.165) is 6.54 Å². The van der Waals surface area contributed by atoms with Gasteiger partial charge in [-0.25, -0.2) is 0 Å². The van der Waals surface area contributed by atoms with E-state index >= 15 is 0 Å². The lowest BCUT2D eigenvalue weighted by molar-refractivity contribution is 0.0562. The first kappa shape index (κ1) is 11.1. The van der Waals surface area contributed by atoms with Crippen LogP contribution in [0.3, 0.4) is 0 Å². The number of hydrogen-bond donors (Lipinski definition) is 3. The largest absolute Gasteiger partial charge is 0.387 e. The number of hydrogen-bond acceptors (Lipinski definition) is 4. The van der Waals surface area contributed by atoms with Gasteiger partial charge >= 0.3 is 0 Å². The summed E-state index contributed by atoms with van der Waals surface area (Å²) in [6.07, 6.45) is 3.82. The fraction of sp³-hybridized carbons (Fsp3) is 0.600. The van der Waals surface area contributed by atoms with Gasteiger partial charge in [-0.15, -0.1) is 0 Å².